The van der Waals surface area contributed by atoms with E-state index in [9.17, 15) is 5.11 Å². The van der Waals surface area contributed by atoms with E-state index in [1.54, 1.807) is 13.2 Å². The Morgan fingerprint density at radius 2 is 2.21 bits per heavy atom. The van der Waals surface area contributed by atoms with Gasteiger partial charge in [-0.05, 0) is 50.0 Å². The molecule has 0 saturated heterocycles. The predicted molar refractivity (Wildman–Crippen MR) is 76.3 cm³/mol. The van der Waals surface area contributed by atoms with Gasteiger partial charge < -0.3 is 15.6 Å². The van der Waals surface area contributed by atoms with Gasteiger partial charge in [-0.15, -0.1) is 0 Å². The molecule has 0 bridgehead atoms. The van der Waals surface area contributed by atoms with Gasteiger partial charge in [-0.25, -0.2) is 0 Å². The van der Waals surface area contributed by atoms with Crippen LogP contribution in [0.15, 0.2) is 18.2 Å². The van der Waals surface area contributed by atoms with E-state index in [0.717, 1.165) is 18.7 Å². The van der Waals surface area contributed by atoms with Gasteiger partial charge in [-0.1, -0.05) is 12.5 Å². The van der Waals surface area contributed by atoms with E-state index < -0.39 is 0 Å². The van der Waals surface area contributed by atoms with Crippen molar-refractivity contribution in [2.75, 3.05) is 20.7 Å². The highest BCUT2D eigenvalue weighted by Gasteiger charge is 2.29. The summed E-state index contributed by atoms with van der Waals surface area (Å²) in [7, 11) is 3.70. The molecule has 2 rings (SSSR count). The van der Waals surface area contributed by atoms with Crippen molar-refractivity contribution >= 4 is 0 Å². The Bertz CT molecular complexity index is 423. The zero-order valence-corrected chi connectivity index (χ0v) is 11.8. The summed E-state index contributed by atoms with van der Waals surface area (Å²) in [6.07, 6.45) is 3.73. The maximum Gasteiger partial charge on any atom is 0.160 e. The zero-order chi connectivity index (χ0) is 13.8. The number of hydrogen-bond acceptors (Lipinski definition) is 4. The first-order valence-corrected chi connectivity index (χ1v) is 6.92. The van der Waals surface area contributed by atoms with E-state index in [-0.39, 0.29) is 5.75 Å². The number of ether oxygens (including phenoxy) is 1. The fraction of sp³-hybridized carbons (Fsp3) is 0.600. The highest BCUT2D eigenvalue weighted by molar-refractivity contribution is 5.41. The van der Waals surface area contributed by atoms with E-state index in [1.165, 1.54) is 19.3 Å². The minimum absolute atomic E-state index is 0.204. The molecule has 4 nitrogen and oxygen atoms in total. The second kappa shape index (κ2) is 6.26. The highest BCUT2D eigenvalue weighted by Crippen LogP contribution is 2.31. The molecule has 0 spiro atoms. The molecule has 1 fully saturated rings. The van der Waals surface area contributed by atoms with Crippen LogP contribution in [0.3, 0.4) is 0 Å². The summed E-state index contributed by atoms with van der Waals surface area (Å²) >= 11 is 0. The summed E-state index contributed by atoms with van der Waals surface area (Å²) in [5.74, 6) is 1.33. The summed E-state index contributed by atoms with van der Waals surface area (Å²) in [5.41, 5.74) is 6.93. The largest absolute Gasteiger partial charge is 0.504 e. The van der Waals surface area contributed by atoms with Gasteiger partial charge in [0.1, 0.15) is 0 Å². The van der Waals surface area contributed by atoms with Crippen LogP contribution in [0.1, 0.15) is 24.8 Å². The Balaban J connectivity index is 2.02. The van der Waals surface area contributed by atoms with Crippen molar-refractivity contribution in [2.24, 2.45) is 11.7 Å². The summed E-state index contributed by atoms with van der Waals surface area (Å²) in [6, 6.07) is 6.16. The summed E-state index contributed by atoms with van der Waals surface area (Å²) in [5, 5.41) is 9.80. The molecular weight excluding hydrogens is 240 g/mol. The predicted octanol–water partition coefficient (Wildman–Crippen LogP) is 1.96. The normalized spacial score (nSPS) is 22.9. The Morgan fingerprint density at radius 1 is 1.42 bits per heavy atom. The molecule has 19 heavy (non-hydrogen) atoms. The van der Waals surface area contributed by atoms with Crippen molar-refractivity contribution in [3.63, 3.8) is 0 Å². The van der Waals surface area contributed by atoms with E-state index >= 15 is 0 Å². The lowest BCUT2D eigenvalue weighted by Gasteiger charge is -2.29. The quantitative estimate of drug-likeness (QED) is 0.853. The van der Waals surface area contributed by atoms with Gasteiger partial charge in [0.05, 0.1) is 7.11 Å². The van der Waals surface area contributed by atoms with Gasteiger partial charge >= 0.3 is 0 Å². The van der Waals surface area contributed by atoms with Crippen LogP contribution in [0.4, 0.5) is 0 Å². The topological polar surface area (TPSA) is 58.7 Å². The molecule has 3 N–H and O–H groups in total. The van der Waals surface area contributed by atoms with E-state index in [1.807, 2.05) is 12.1 Å². The van der Waals surface area contributed by atoms with Gasteiger partial charge in [0.15, 0.2) is 11.5 Å². The summed E-state index contributed by atoms with van der Waals surface area (Å²) in [4.78, 5) is 2.35. The van der Waals surface area contributed by atoms with Gasteiger partial charge in [0, 0.05) is 12.6 Å². The molecule has 0 aromatic heterocycles. The molecule has 4 heteroatoms. The molecule has 1 aliphatic carbocycles. The molecule has 2 atom stereocenters. The third-order valence-electron chi connectivity index (χ3n) is 4.16. The molecule has 0 aliphatic heterocycles. The zero-order valence-electron chi connectivity index (χ0n) is 11.8. The van der Waals surface area contributed by atoms with Gasteiger partial charge in [-0.3, -0.25) is 4.90 Å². The smallest absolute Gasteiger partial charge is 0.160 e. The van der Waals surface area contributed by atoms with Crippen LogP contribution in [0.2, 0.25) is 0 Å². The second-order valence-corrected chi connectivity index (χ2v) is 5.42. The number of nitrogens with two attached hydrogens (primary N) is 1. The van der Waals surface area contributed by atoms with Crippen LogP contribution in [-0.2, 0) is 6.54 Å². The number of phenols is 1. The van der Waals surface area contributed by atoms with Crippen molar-refractivity contribution in [2.45, 2.75) is 31.8 Å². The molecule has 0 radical (unpaired) electrons. The fourth-order valence-corrected chi connectivity index (χ4v) is 3.11. The molecule has 0 amide bonds. The number of aromatic hydroxyl groups is 1. The fourth-order valence-electron chi connectivity index (χ4n) is 3.11. The molecule has 0 heterocycles. The number of methoxy groups -OCH3 is 1. The Labute approximate surface area is 115 Å². The number of nitrogens with zero attached hydrogens (tertiary/aromatic N) is 1. The lowest BCUT2D eigenvalue weighted by atomic mass is 10.0. The highest BCUT2D eigenvalue weighted by atomic mass is 16.5. The maximum atomic E-state index is 9.80. The number of phenolic OH excluding ortho intramolecular Hbond substituents is 1. The monoisotopic (exact) mass is 264 g/mol. The molecule has 106 valence electrons. The Morgan fingerprint density at radius 3 is 2.84 bits per heavy atom. The molecule has 1 saturated carbocycles. The Hall–Kier alpha value is -1.26. The number of hydrogen-bond donors (Lipinski definition) is 2. The van der Waals surface area contributed by atoms with E-state index in [0.29, 0.717) is 17.7 Å². The van der Waals surface area contributed by atoms with Crippen LogP contribution in [-0.4, -0.2) is 36.8 Å². The van der Waals surface area contributed by atoms with Gasteiger partial charge in [0.25, 0.3) is 0 Å². The molecule has 1 aliphatic rings. The third kappa shape index (κ3) is 3.19. The van der Waals surface area contributed by atoms with Crippen LogP contribution < -0.4 is 10.5 Å². The van der Waals surface area contributed by atoms with Crippen LogP contribution in [0.5, 0.6) is 11.5 Å². The molecule has 1 aromatic carbocycles. The van der Waals surface area contributed by atoms with Crippen molar-refractivity contribution in [3.8, 4) is 11.5 Å². The third-order valence-corrected chi connectivity index (χ3v) is 4.16. The number of benzene rings is 1. The Kier molecular flexibility index (Phi) is 4.66. The van der Waals surface area contributed by atoms with Crippen molar-refractivity contribution in [3.05, 3.63) is 23.8 Å². The average Bonchev–Trinajstić information content (AvgIpc) is 2.87. The van der Waals surface area contributed by atoms with Crippen LogP contribution >= 0.6 is 0 Å². The van der Waals surface area contributed by atoms with Crippen molar-refractivity contribution in [1.29, 1.82) is 0 Å². The van der Waals surface area contributed by atoms with E-state index in [4.69, 9.17) is 10.5 Å². The maximum absolute atomic E-state index is 9.80. The first kappa shape index (κ1) is 14.2. The molecule has 2 unspecified atom stereocenters. The average molecular weight is 264 g/mol. The SMILES string of the molecule is COc1ccc(CN(C)C2CCCC2CN)cc1O. The minimum atomic E-state index is 0.204. The summed E-state index contributed by atoms with van der Waals surface area (Å²) < 4.78 is 5.06. The van der Waals surface area contributed by atoms with Crippen LogP contribution in [0.25, 0.3) is 0 Å². The number of rotatable bonds is 5. The van der Waals surface area contributed by atoms with Gasteiger partial charge in [-0.2, -0.15) is 0 Å². The lowest BCUT2D eigenvalue weighted by Crippen LogP contribution is -2.37. The van der Waals surface area contributed by atoms with Crippen LogP contribution in [0, 0.1) is 5.92 Å². The van der Waals surface area contributed by atoms with Crippen molar-refractivity contribution in [1.82, 2.24) is 4.90 Å². The standard InChI is InChI=1S/C15H24N2O2/c1-17(13-5-3-4-12(13)9-16)10-11-6-7-15(19-2)14(18)8-11/h6-8,12-13,18H,3-5,9-10,16H2,1-2H3. The first-order chi connectivity index (χ1) is 9.15. The van der Waals surface area contributed by atoms with Crippen molar-refractivity contribution < 1.29 is 9.84 Å². The summed E-state index contributed by atoms with van der Waals surface area (Å²) in [6.45, 7) is 1.60. The molecule has 1 aromatic rings. The van der Waals surface area contributed by atoms with E-state index in [2.05, 4.69) is 11.9 Å². The van der Waals surface area contributed by atoms with Gasteiger partial charge in [0.2, 0.25) is 0 Å². The first-order valence-electron chi connectivity index (χ1n) is 6.92. The second-order valence-electron chi connectivity index (χ2n) is 5.42. The lowest BCUT2D eigenvalue weighted by molar-refractivity contribution is 0.192. The molecular formula is C15H24N2O2. The minimum Gasteiger partial charge on any atom is -0.504 e.